The Labute approximate surface area is 159 Å². The Balaban J connectivity index is 2.00. The maximum absolute atomic E-state index is 13.4. The summed E-state index contributed by atoms with van der Waals surface area (Å²) < 4.78 is 31.5. The summed E-state index contributed by atoms with van der Waals surface area (Å²) in [7, 11) is 0. The lowest BCUT2D eigenvalue weighted by Crippen LogP contribution is -2.50. The molecule has 148 valence electrons. The van der Waals surface area contributed by atoms with E-state index in [-0.39, 0.29) is 12.2 Å². The highest BCUT2D eigenvalue weighted by atomic mass is 19.1. The molecule has 0 spiro atoms. The molecular formula is C19H19F2N3O4. The molecule has 2 aromatic carbocycles. The Kier molecular flexibility index (Phi) is 7.44. The quantitative estimate of drug-likeness (QED) is 0.584. The van der Waals surface area contributed by atoms with Crippen LogP contribution in [0.1, 0.15) is 5.56 Å². The molecule has 0 saturated carbocycles. The Hall–Kier alpha value is -3.49. The van der Waals surface area contributed by atoms with Crippen LogP contribution in [0.25, 0.3) is 0 Å². The summed E-state index contributed by atoms with van der Waals surface area (Å²) in [5.41, 5.74) is 5.47. The van der Waals surface area contributed by atoms with Crippen LogP contribution < -0.4 is 21.1 Å². The molecule has 0 aliphatic carbocycles. The molecule has 0 bridgehead atoms. The van der Waals surface area contributed by atoms with Gasteiger partial charge in [0.15, 0.2) is 6.61 Å². The lowest BCUT2D eigenvalue weighted by Gasteiger charge is -2.18. The number of rotatable bonds is 9. The zero-order valence-corrected chi connectivity index (χ0v) is 14.8. The normalized spacial score (nSPS) is 11.4. The number of carbonyl (C=O) groups is 3. The Morgan fingerprint density at radius 2 is 1.75 bits per heavy atom. The SMILES string of the molecule is NC(=O)CNC(=O)C(Cc1cccc(F)c1)NC(=O)COc1ccc(F)cc1. The van der Waals surface area contributed by atoms with Crippen molar-refractivity contribution in [2.24, 2.45) is 5.73 Å². The van der Waals surface area contributed by atoms with E-state index in [2.05, 4.69) is 10.6 Å². The van der Waals surface area contributed by atoms with Crippen molar-refractivity contribution in [1.29, 1.82) is 0 Å². The molecule has 7 nitrogen and oxygen atoms in total. The molecule has 1 atom stereocenters. The van der Waals surface area contributed by atoms with Gasteiger partial charge in [0.25, 0.3) is 5.91 Å². The van der Waals surface area contributed by atoms with Crippen molar-refractivity contribution in [2.45, 2.75) is 12.5 Å². The predicted molar refractivity (Wildman–Crippen MR) is 96.1 cm³/mol. The topological polar surface area (TPSA) is 111 Å². The Morgan fingerprint density at radius 1 is 1.04 bits per heavy atom. The number of ether oxygens (including phenoxy) is 1. The first-order valence-corrected chi connectivity index (χ1v) is 8.31. The van der Waals surface area contributed by atoms with E-state index in [0.717, 1.165) is 0 Å². The van der Waals surface area contributed by atoms with Crippen LogP contribution in [0.3, 0.4) is 0 Å². The number of primary amides is 1. The van der Waals surface area contributed by atoms with Crippen molar-refractivity contribution in [3.63, 3.8) is 0 Å². The number of nitrogens with one attached hydrogen (secondary N) is 2. The van der Waals surface area contributed by atoms with Crippen molar-refractivity contribution in [3.8, 4) is 5.75 Å². The number of halogens is 2. The molecule has 0 aliphatic rings. The number of amides is 3. The van der Waals surface area contributed by atoms with Crippen LogP contribution >= 0.6 is 0 Å². The van der Waals surface area contributed by atoms with Crippen LogP contribution in [0.2, 0.25) is 0 Å². The van der Waals surface area contributed by atoms with Gasteiger partial charge in [0, 0.05) is 6.42 Å². The minimum Gasteiger partial charge on any atom is -0.484 e. The van der Waals surface area contributed by atoms with Crippen LogP contribution in [0.5, 0.6) is 5.75 Å². The number of benzene rings is 2. The lowest BCUT2D eigenvalue weighted by molar-refractivity contribution is -0.130. The maximum Gasteiger partial charge on any atom is 0.258 e. The third-order valence-electron chi connectivity index (χ3n) is 3.60. The smallest absolute Gasteiger partial charge is 0.258 e. The third kappa shape index (κ3) is 7.02. The fraction of sp³-hybridized carbons (Fsp3) is 0.211. The van der Waals surface area contributed by atoms with E-state index < -0.39 is 48.5 Å². The summed E-state index contributed by atoms with van der Waals surface area (Å²) >= 11 is 0. The van der Waals surface area contributed by atoms with E-state index in [4.69, 9.17) is 10.5 Å². The molecule has 2 aromatic rings. The molecule has 0 fully saturated rings. The predicted octanol–water partition coefficient (Wildman–Crippen LogP) is 0.673. The largest absolute Gasteiger partial charge is 0.484 e. The van der Waals surface area contributed by atoms with E-state index in [0.29, 0.717) is 5.56 Å². The molecule has 0 heterocycles. The molecular weight excluding hydrogens is 372 g/mol. The van der Waals surface area contributed by atoms with Gasteiger partial charge in [-0.3, -0.25) is 14.4 Å². The van der Waals surface area contributed by atoms with Gasteiger partial charge in [0.2, 0.25) is 11.8 Å². The molecule has 28 heavy (non-hydrogen) atoms. The summed E-state index contributed by atoms with van der Waals surface area (Å²) in [6.45, 7) is -0.825. The van der Waals surface area contributed by atoms with Gasteiger partial charge >= 0.3 is 0 Å². The Bertz CT molecular complexity index is 843. The second kappa shape index (κ2) is 10.0. The van der Waals surface area contributed by atoms with Gasteiger partial charge in [-0.05, 0) is 42.0 Å². The summed E-state index contributed by atoms with van der Waals surface area (Å²) in [5, 5.41) is 4.76. The lowest BCUT2D eigenvalue weighted by atomic mass is 10.0. The monoisotopic (exact) mass is 391 g/mol. The van der Waals surface area contributed by atoms with Gasteiger partial charge < -0.3 is 21.1 Å². The fourth-order valence-electron chi connectivity index (χ4n) is 2.32. The van der Waals surface area contributed by atoms with Crippen LogP contribution in [-0.2, 0) is 20.8 Å². The minimum absolute atomic E-state index is 0.00928. The molecule has 2 rings (SSSR count). The number of carbonyl (C=O) groups excluding carboxylic acids is 3. The number of hydrogen-bond acceptors (Lipinski definition) is 4. The van der Waals surface area contributed by atoms with E-state index in [1.165, 1.54) is 42.5 Å². The van der Waals surface area contributed by atoms with E-state index in [1.807, 2.05) is 0 Å². The average molecular weight is 391 g/mol. The maximum atomic E-state index is 13.4. The zero-order chi connectivity index (χ0) is 20.5. The molecule has 0 aromatic heterocycles. The summed E-state index contributed by atoms with van der Waals surface area (Å²) in [5.74, 6) is -2.68. The van der Waals surface area contributed by atoms with Crippen molar-refractivity contribution >= 4 is 17.7 Å². The average Bonchev–Trinajstić information content (AvgIpc) is 2.65. The van der Waals surface area contributed by atoms with Crippen molar-refractivity contribution in [1.82, 2.24) is 10.6 Å². The standard InChI is InChI=1S/C19H19F2N3O4/c20-13-4-6-15(7-5-13)28-11-18(26)24-16(19(27)23-10-17(22)25)9-12-2-1-3-14(21)8-12/h1-8,16H,9-11H2,(H2,22,25)(H,23,27)(H,24,26). The second-order valence-corrected chi connectivity index (χ2v) is 5.88. The van der Waals surface area contributed by atoms with Gasteiger partial charge in [-0.2, -0.15) is 0 Å². The van der Waals surface area contributed by atoms with Crippen molar-refractivity contribution < 1.29 is 27.9 Å². The molecule has 1 unspecified atom stereocenters. The van der Waals surface area contributed by atoms with E-state index in [1.54, 1.807) is 6.07 Å². The summed E-state index contributed by atoms with van der Waals surface area (Å²) in [6, 6.07) is 9.54. The minimum atomic E-state index is -1.08. The van der Waals surface area contributed by atoms with Gasteiger partial charge in [-0.15, -0.1) is 0 Å². The highest BCUT2D eigenvalue weighted by molar-refractivity contribution is 5.90. The number of hydrogen-bond donors (Lipinski definition) is 3. The van der Waals surface area contributed by atoms with Crippen LogP contribution in [0, 0.1) is 11.6 Å². The van der Waals surface area contributed by atoms with Gasteiger partial charge in [0.05, 0.1) is 6.54 Å². The van der Waals surface area contributed by atoms with Crippen LogP contribution in [0.4, 0.5) is 8.78 Å². The fourth-order valence-corrected chi connectivity index (χ4v) is 2.32. The highest BCUT2D eigenvalue weighted by Crippen LogP contribution is 2.11. The van der Waals surface area contributed by atoms with Gasteiger partial charge in [-0.1, -0.05) is 12.1 Å². The summed E-state index contributed by atoms with van der Waals surface area (Å²) in [6.07, 6.45) is -0.00928. The van der Waals surface area contributed by atoms with Gasteiger partial charge in [0.1, 0.15) is 23.4 Å². The zero-order valence-electron chi connectivity index (χ0n) is 14.8. The van der Waals surface area contributed by atoms with Crippen LogP contribution in [-0.4, -0.2) is 36.9 Å². The van der Waals surface area contributed by atoms with E-state index in [9.17, 15) is 23.2 Å². The van der Waals surface area contributed by atoms with Gasteiger partial charge in [-0.25, -0.2) is 8.78 Å². The molecule has 9 heteroatoms. The first-order chi connectivity index (χ1) is 13.3. The highest BCUT2D eigenvalue weighted by Gasteiger charge is 2.22. The summed E-state index contributed by atoms with van der Waals surface area (Å²) in [4.78, 5) is 35.3. The molecule has 0 aliphatic heterocycles. The van der Waals surface area contributed by atoms with Crippen LogP contribution in [0.15, 0.2) is 48.5 Å². The first-order valence-electron chi connectivity index (χ1n) is 8.31. The third-order valence-corrected chi connectivity index (χ3v) is 3.60. The van der Waals surface area contributed by atoms with E-state index >= 15 is 0 Å². The van der Waals surface area contributed by atoms with Crippen molar-refractivity contribution in [3.05, 3.63) is 65.7 Å². The molecule has 4 N–H and O–H groups in total. The Morgan fingerprint density at radius 3 is 2.39 bits per heavy atom. The molecule has 0 radical (unpaired) electrons. The molecule has 3 amide bonds. The molecule has 0 saturated heterocycles. The first kappa shape index (κ1) is 20.8. The number of nitrogens with two attached hydrogens (primary N) is 1. The second-order valence-electron chi connectivity index (χ2n) is 5.88. The van der Waals surface area contributed by atoms with Crippen molar-refractivity contribution in [2.75, 3.05) is 13.2 Å².